The average molecular weight is 386 g/mol. The van der Waals surface area contributed by atoms with Crippen LogP contribution in [0.3, 0.4) is 0 Å². The minimum absolute atomic E-state index is 0.0366. The van der Waals surface area contributed by atoms with Crippen molar-refractivity contribution in [1.29, 1.82) is 0 Å². The fraction of sp³-hybridized carbons (Fsp3) is 0.556. The quantitative estimate of drug-likeness (QED) is 0.737. The molecule has 2 aliphatic rings. The van der Waals surface area contributed by atoms with Crippen LogP contribution in [0.15, 0.2) is 24.3 Å². The average Bonchev–Trinajstić information content (AvgIpc) is 2.79. The van der Waals surface area contributed by atoms with Gasteiger partial charge in [0, 0.05) is 11.2 Å². The van der Waals surface area contributed by atoms with E-state index in [1.165, 1.54) is 12.1 Å². The van der Waals surface area contributed by atoms with Crippen LogP contribution in [0.25, 0.3) is 0 Å². The van der Waals surface area contributed by atoms with Crippen molar-refractivity contribution in [2.45, 2.75) is 56.5 Å². The minimum Gasteiger partial charge on any atom is -0.307 e. The number of urea groups is 1. The molecule has 0 bridgehead atoms. The summed E-state index contributed by atoms with van der Waals surface area (Å²) in [6.07, 6.45) is -4.43. The molecule has 142 valence electrons. The third-order valence-corrected chi connectivity index (χ3v) is 6.76. The Hall–Kier alpha value is -1.70. The zero-order valence-electron chi connectivity index (χ0n) is 15.0. The van der Waals surface area contributed by atoms with Gasteiger partial charge in [0.15, 0.2) is 0 Å². The zero-order valence-corrected chi connectivity index (χ0v) is 15.8. The Morgan fingerprint density at radius 2 is 1.88 bits per heavy atom. The van der Waals surface area contributed by atoms with Gasteiger partial charge >= 0.3 is 12.2 Å². The highest BCUT2D eigenvalue weighted by molar-refractivity contribution is 8.01. The van der Waals surface area contributed by atoms with Crippen molar-refractivity contribution in [3.8, 4) is 0 Å². The van der Waals surface area contributed by atoms with Gasteiger partial charge in [0.2, 0.25) is 5.91 Å². The van der Waals surface area contributed by atoms with E-state index in [4.69, 9.17) is 0 Å². The number of halogens is 3. The molecule has 2 fully saturated rings. The number of alkyl halides is 3. The molecule has 2 saturated heterocycles. The van der Waals surface area contributed by atoms with Crippen molar-refractivity contribution in [3.63, 3.8) is 0 Å². The van der Waals surface area contributed by atoms with E-state index in [2.05, 4.69) is 0 Å². The Labute approximate surface area is 154 Å². The minimum atomic E-state index is -4.54. The molecule has 26 heavy (non-hydrogen) atoms. The van der Waals surface area contributed by atoms with Crippen molar-refractivity contribution in [3.05, 3.63) is 29.8 Å². The number of carbonyl (C=O) groups excluding carboxylic acids is 2. The second-order valence-corrected chi connectivity index (χ2v) is 9.31. The molecule has 2 unspecified atom stereocenters. The van der Waals surface area contributed by atoms with Crippen LogP contribution in [0, 0.1) is 5.92 Å². The number of carbonyl (C=O) groups is 2. The standard InChI is InChI=1S/C18H21F3N2O2S/c1-10(2)15-23-13(17(3,4)26-15)9-14(24)22(16(23)25)12-7-5-6-11(8-12)18(19,20)21/h5-8,10,13,15H,9H2,1-4H3. The van der Waals surface area contributed by atoms with Gasteiger partial charge in [-0.3, -0.25) is 4.79 Å². The summed E-state index contributed by atoms with van der Waals surface area (Å²) in [5.41, 5.74) is -0.917. The number of imide groups is 1. The fourth-order valence-electron chi connectivity index (χ4n) is 3.56. The molecule has 0 aromatic heterocycles. The number of benzene rings is 1. The molecule has 1 aromatic carbocycles. The van der Waals surface area contributed by atoms with E-state index < -0.39 is 23.7 Å². The zero-order chi connectivity index (χ0) is 19.4. The Balaban J connectivity index is 2.01. The topological polar surface area (TPSA) is 40.6 Å². The Kier molecular flexibility index (Phi) is 4.53. The van der Waals surface area contributed by atoms with E-state index in [0.29, 0.717) is 0 Å². The van der Waals surface area contributed by atoms with E-state index >= 15 is 0 Å². The van der Waals surface area contributed by atoms with Crippen LogP contribution in [0.1, 0.15) is 39.7 Å². The first-order valence-corrected chi connectivity index (χ1v) is 9.32. The van der Waals surface area contributed by atoms with E-state index in [1.54, 1.807) is 16.7 Å². The lowest BCUT2D eigenvalue weighted by Crippen LogP contribution is -2.60. The summed E-state index contributed by atoms with van der Waals surface area (Å²) in [4.78, 5) is 28.3. The summed E-state index contributed by atoms with van der Waals surface area (Å²) in [6.45, 7) is 7.99. The molecular formula is C18H21F3N2O2S. The lowest BCUT2D eigenvalue weighted by atomic mass is 9.94. The molecule has 2 aliphatic heterocycles. The second-order valence-electron chi connectivity index (χ2n) is 7.54. The molecule has 8 heteroatoms. The van der Waals surface area contributed by atoms with Gasteiger partial charge in [0.25, 0.3) is 0 Å². The van der Waals surface area contributed by atoms with E-state index in [9.17, 15) is 22.8 Å². The highest BCUT2D eigenvalue weighted by Crippen LogP contribution is 2.50. The molecule has 0 spiro atoms. The van der Waals surface area contributed by atoms with E-state index in [-0.39, 0.29) is 34.2 Å². The summed E-state index contributed by atoms with van der Waals surface area (Å²) in [5.74, 6) is -0.307. The third kappa shape index (κ3) is 3.08. The number of thioether (sulfide) groups is 1. The lowest BCUT2D eigenvalue weighted by Gasteiger charge is -2.41. The van der Waals surface area contributed by atoms with Gasteiger partial charge in [0.05, 0.1) is 22.7 Å². The number of rotatable bonds is 2. The van der Waals surface area contributed by atoms with Gasteiger partial charge in [-0.2, -0.15) is 13.2 Å². The molecule has 2 heterocycles. The lowest BCUT2D eigenvalue weighted by molar-refractivity contribution is -0.137. The van der Waals surface area contributed by atoms with E-state index in [0.717, 1.165) is 17.0 Å². The molecule has 2 atom stereocenters. The van der Waals surface area contributed by atoms with Crippen LogP contribution in [-0.4, -0.2) is 33.0 Å². The molecule has 1 aromatic rings. The van der Waals surface area contributed by atoms with Crippen molar-refractivity contribution < 1.29 is 22.8 Å². The molecule has 0 N–H and O–H groups in total. The van der Waals surface area contributed by atoms with E-state index in [1.807, 2.05) is 27.7 Å². The first-order chi connectivity index (χ1) is 11.9. The van der Waals surface area contributed by atoms with Crippen LogP contribution in [0.2, 0.25) is 0 Å². The number of nitrogens with zero attached hydrogens (tertiary/aromatic N) is 2. The number of fused-ring (bicyclic) bond motifs is 1. The summed E-state index contributed by atoms with van der Waals surface area (Å²) >= 11 is 1.64. The van der Waals surface area contributed by atoms with Crippen molar-refractivity contribution in [2.24, 2.45) is 5.92 Å². The Bertz CT molecular complexity index is 748. The Morgan fingerprint density at radius 1 is 1.23 bits per heavy atom. The molecule has 0 aliphatic carbocycles. The summed E-state index contributed by atoms with van der Waals surface area (Å²) in [7, 11) is 0. The maximum Gasteiger partial charge on any atom is 0.416 e. The summed E-state index contributed by atoms with van der Waals surface area (Å²) < 4.78 is 38.7. The highest BCUT2D eigenvalue weighted by atomic mass is 32.2. The second kappa shape index (κ2) is 6.18. The molecule has 0 radical (unpaired) electrons. The van der Waals surface area contributed by atoms with Gasteiger partial charge < -0.3 is 4.90 Å². The maximum absolute atomic E-state index is 13.1. The van der Waals surface area contributed by atoms with Crippen molar-refractivity contribution in [2.75, 3.05) is 4.90 Å². The summed E-state index contributed by atoms with van der Waals surface area (Å²) in [5, 5.41) is -0.121. The molecule has 3 rings (SSSR count). The number of hydrogen-bond acceptors (Lipinski definition) is 3. The van der Waals surface area contributed by atoms with Crippen LogP contribution in [0.4, 0.5) is 23.7 Å². The Morgan fingerprint density at radius 3 is 2.46 bits per heavy atom. The number of amides is 3. The number of anilines is 1. The van der Waals surface area contributed by atoms with Gasteiger partial charge in [-0.1, -0.05) is 19.9 Å². The molecular weight excluding hydrogens is 365 g/mol. The van der Waals surface area contributed by atoms with Crippen LogP contribution in [-0.2, 0) is 11.0 Å². The normalized spacial score (nSPS) is 25.8. The summed E-state index contributed by atoms with van der Waals surface area (Å²) in [6, 6.07) is 3.56. The van der Waals surface area contributed by atoms with Gasteiger partial charge in [-0.05, 0) is 38.0 Å². The third-order valence-electron chi connectivity index (χ3n) is 4.87. The molecule has 4 nitrogen and oxygen atoms in total. The monoisotopic (exact) mass is 386 g/mol. The molecule has 0 saturated carbocycles. The van der Waals surface area contributed by atoms with Crippen molar-refractivity contribution >= 4 is 29.4 Å². The maximum atomic E-state index is 13.1. The smallest absolute Gasteiger partial charge is 0.307 e. The van der Waals surface area contributed by atoms with Crippen LogP contribution in [0.5, 0.6) is 0 Å². The predicted octanol–water partition coefficient (Wildman–Crippen LogP) is 4.74. The first kappa shape index (κ1) is 19.1. The highest BCUT2D eigenvalue weighted by Gasteiger charge is 2.55. The van der Waals surface area contributed by atoms with Gasteiger partial charge in [-0.25, -0.2) is 9.69 Å². The van der Waals surface area contributed by atoms with Gasteiger partial charge in [0.1, 0.15) is 0 Å². The van der Waals surface area contributed by atoms with Gasteiger partial charge in [-0.15, -0.1) is 11.8 Å². The fourth-order valence-corrected chi connectivity index (χ4v) is 5.16. The van der Waals surface area contributed by atoms with Crippen LogP contribution >= 0.6 is 11.8 Å². The van der Waals surface area contributed by atoms with Crippen LogP contribution < -0.4 is 4.90 Å². The van der Waals surface area contributed by atoms with Crippen molar-refractivity contribution in [1.82, 2.24) is 4.90 Å². The number of hydrogen-bond donors (Lipinski definition) is 0. The predicted molar refractivity (Wildman–Crippen MR) is 94.9 cm³/mol. The molecule has 3 amide bonds. The first-order valence-electron chi connectivity index (χ1n) is 8.44. The largest absolute Gasteiger partial charge is 0.416 e. The SMILES string of the molecule is CC(C)C1SC(C)(C)C2CC(=O)N(c3cccc(C(F)(F)F)c3)C(=O)N12.